The molecular weight excluding hydrogens is 244 g/mol. The number of nitrogens with zero attached hydrogens (tertiary/aromatic N) is 1. The Morgan fingerprint density at radius 3 is 2.50 bits per heavy atom. The number of hydrogen-bond donors (Lipinski definition) is 1. The Labute approximate surface area is 124 Å². The van der Waals surface area contributed by atoms with Gasteiger partial charge in [0.25, 0.3) is 0 Å². The van der Waals surface area contributed by atoms with Crippen molar-refractivity contribution in [2.45, 2.75) is 59.2 Å². The third kappa shape index (κ3) is 4.07. The van der Waals surface area contributed by atoms with Crippen molar-refractivity contribution in [2.24, 2.45) is 5.92 Å². The van der Waals surface area contributed by atoms with Crippen LogP contribution >= 0.6 is 0 Å². The highest BCUT2D eigenvalue weighted by atomic mass is 15.3. The van der Waals surface area contributed by atoms with Gasteiger partial charge in [0, 0.05) is 31.2 Å². The van der Waals surface area contributed by atoms with E-state index in [4.69, 9.17) is 0 Å². The Kier molecular flexibility index (Phi) is 4.87. The number of nitrogens with one attached hydrogen (secondary N) is 1. The molecule has 2 rings (SSSR count). The lowest BCUT2D eigenvalue weighted by Gasteiger charge is -2.46. The Morgan fingerprint density at radius 1 is 1.25 bits per heavy atom. The van der Waals surface area contributed by atoms with Crippen LogP contribution in [-0.4, -0.2) is 29.6 Å². The second-order valence-electron chi connectivity index (χ2n) is 7.39. The molecule has 1 aromatic carbocycles. The van der Waals surface area contributed by atoms with Gasteiger partial charge in [0.1, 0.15) is 0 Å². The normalized spacial score (nSPS) is 23.2. The molecule has 1 N–H and O–H groups in total. The molecule has 1 aliphatic heterocycles. The van der Waals surface area contributed by atoms with Crippen LogP contribution in [0, 0.1) is 12.8 Å². The van der Waals surface area contributed by atoms with E-state index in [9.17, 15) is 0 Å². The van der Waals surface area contributed by atoms with Crippen LogP contribution in [0.25, 0.3) is 0 Å². The van der Waals surface area contributed by atoms with E-state index in [1.54, 1.807) is 0 Å². The topological polar surface area (TPSA) is 15.3 Å². The molecule has 0 radical (unpaired) electrons. The molecule has 1 unspecified atom stereocenters. The van der Waals surface area contributed by atoms with E-state index in [1.165, 1.54) is 17.5 Å². The number of rotatable bonds is 4. The highest BCUT2D eigenvalue weighted by molar-refractivity contribution is 5.21. The van der Waals surface area contributed by atoms with Crippen LogP contribution in [0.2, 0.25) is 0 Å². The van der Waals surface area contributed by atoms with Crippen molar-refractivity contribution in [1.29, 1.82) is 0 Å². The van der Waals surface area contributed by atoms with E-state index in [2.05, 4.69) is 69.1 Å². The molecule has 112 valence electrons. The molecule has 1 heterocycles. The van der Waals surface area contributed by atoms with Crippen molar-refractivity contribution in [1.82, 2.24) is 10.2 Å². The van der Waals surface area contributed by atoms with Crippen LogP contribution in [0.15, 0.2) is 24.3 Å². The first kappa shape index (κ1) is 15.5. The van der Waals surface area contributed by atoms with Crippen LogP contribution in [0.1, 0.15) is 45.2 Å². The number of piperazine rings is 1. The molecule has 2 heteroatoms. The minimum absolute atomic E-state index is 0.234. The molecule has 1 aliphatic rings. The van der Waals surface area contributed by atoms with Crippen molar-refractivity contribution in [2.75, 3.05) is 13.1 Å². The fraction of sp³-hybridized carbons (Fsp3) is 0.667. The smallest absolute Gasteiger partial charge is 0.0281 e. The fourth-order valence-electron chi connectivity index (χ4n) is 3.00. The molecule has 0 aromatic heterocycles. The summed E-state index contributed by atoms with van der Waals surface area (Å²) in [6.45, 7) is 14.8. The van der Waals surface area contributed by atoms with Gasteiger partial charge in [-0.25, -0.2) is 0 Å². The lowest BCUT2D eigenvalue weighted by molar-refractivity contribution is 0.0536. The summed E-state index contributed by atoms with van der Waals surface area (Å²) in [6.07, 6.45) is 1.26. The average Bonchev–Trinajstić information content (AvgIpc) is 2.36. The van der Waals surface area contributed by atoms with Gasteiger partial charge in [-0.1, -0.05) is 43.7 Å². The lowest BCUT2D eigenvalue weighted by Crippen LogP contribution is -2.61. The van der Waals surface area contributed by atoms with Crippen molar-refractivity contribution < 1.29 is 0 Å². The molecule has 1 saturated heterocycles. The maximum Gasteiger partial charge on any atom is 0.0281 e. The van der Waals surface area contributed by atoms with Crippen LogP contribution < -0.4 is 5.32 Å². The number of hydrogen-bond acceptors (Lipinski definition) is 2. The van der Waals surface area contributed by atoms with Gasteiger partial charge in [-0.05, 0) is 38.7 Å². The molecule has 0 amide bonds. The maximum absolute atomic E-state index is 3.72. The van der Waals surface area contributed by atoms with Crippen LogP contribution in [0.4, 0.5) is 0 Å². The first-order chi connectivity index (χ1) is 9.37. The largest absolute Gasteiger partial charge is 0.311 e. The van der Waals surface area contributed by atoms with Gasteiger partial charge in [-0.15, -0.1) is 0 Å². The zero-order valence-electron chi connectivity index (χ0n) is 13.7. The molecule has 2 nitrogen and oxygen atoms in total. The fourth-order valence-corrected chi connectivity index (χ4v) is 3.00. The quantitative estimate of drug-likeness (QED) is 0.902. The van der Waals surface area contributed by atoms with Crippen molar-refractivity contribution in [3.63, 3.8) is 0 Å². The summed E-state index contributed by atoms with van der Waals surface area (Å²) in [7, 11) is 0. The van der Waals surface area contributed by atoms with Gasteiger partial charge >= 0.3 is 0 Å². The second kappa shape index (κ2) is 6.28. The highest BCUT2D eigenvalue weighted by Crippen LogP contribution is 2.23. The van der Waals surface area contributed by atoms with E-state index in [1.807, 2.05) is 0 Å². The molecule has 20 heavy (non-hydrogen) atoms. The first-order valence-electron chi connectivity index (χ1n) is 7.91. The van der Waals surface area contributed by atoms with Gasteiger partial charge < -0.3 is 5.32 Å². The van der Waals surface area contributed by atoms with Crippen LogP contribution in [0.5, 0.6) is 0 Å². The van der Waals surface area contributed by atoms with E-state index in [-0.39, 0.29) is 5.54 Å². The first-order valence-corrected chi connectivity index (χ1v) is 7.91. The summed E-state index contributed by atoms with van der Waals surface area (Å²) < 4.78 is 0. The number of aryl methyl sites for hydroxylation is 1. The van der Waals surface area contributed by atoms with E-state index >= 15 is 0 Å². The SMILES string of the molecule is Cc1ccc(CN2CC(CC(C)C)NCC2(C)C)cc1. The summed E-state index contributed by atoms with van der Waals surface area (Å²) in [4.78, 5) is 2.64. The van der Waals surface area contributed by atoms with Crippen LogP contribution in [0.3, 0.4) is 0 Å². The van der Waals surface area contributed by atoms with Crippen molar-refractivity contribution in [3.05, 3.63) is 35.4 Å². The highest BCUT2D eigenvalue weighted by Gasteiger charge is 2.33. The maximum atomic E-state index is 3.72. The summed E-state index contributed by atoms with van der Waals surface area (Å²) in [5.74, 6) is 0.759. The summed E-state index contributed by atoms with van der Waals surface area (Å²) >= 11 is 0. The zero-order chi connectivity index (χ0) is 14.8. The molecule has 0 bridgehead atoms. The lowest BCUT2D eigenvalue weighted by atomic mass is 9.93. The summed E-state index contributed by atoms with van der Waals surface area (Å²) in [6, 6.07) is 9.61. The van der Waals surface area contributed by atoms with Gasteiger partial charge in [0.2, 0.25) is 0 Å². The minimum atomic E-state index is 0.234. The standard InChI is InChI=1S/C18H30N2/c1-14(2)10-17-12-20(18(4,5)13-19-17)11-16-8-6-15(3)7-9-16/h6-9,14,17,19H,10-13H2,1-5H3. The predicted octanol–water partition coefficient (Wildman–Crippen LogP) is 3.59. The van der Waals surface area contributed by atoms with Gasteiger partial charge in [0.15, 0.2) is 0 Å². The molecular formula is C18H30N2. The van der Waals surface area contributed by atoms with Crippen molar-refractivity contribution in [3.8, 4) is 0 Å². The molecule has 0 spiro atoms. The molecule has 1 aromatic rings. The zero-order valence-corrected chi connectivity index (χ0v) is 13.7. The molecule has 0 aliphatic carbocycles. The van der Waals surface area contributed by atoms with E-state index in [0.29, 0.717) is 6.04 Å². The van der Waals surface area contributed by atoms with Crippen LogP contribution in [-0.2, 0) is 6.54 Å². The monoisotopic (exact) mass is 274 g/mol. The predicted molar refractivity (Wildman–Crippen MR) is 86.9 cm³/mol. The van der Waals surface area contributed by atoms with Gasteiger partial charge in [0.05, 0.1) is 0 Å². The summed E-state index contributed by atoms with van der Waals surface area (Å²) in [5.41, 5.74) is 3.00. The van der Waals surface area contributed by atoms with Gasteiger partial charge in [-0.2, -0.15) is 0 Å². The van der Waals surface area contributed by atoms with Crippen molar-refractivity contribution >= 4 is 0 Å². The third-order valence-electron chi connectivity index (χ3n) is 4.37. The third-order valence-corrected chi connectivity index (χ3v) is 4.37. The van der Waals surface area contributed by atoms with E-state index < -0.39 is 0 Å². The number of benzene rings is 1. The Hall–Kier alpha value is -0.860. The molecule has 1 atom stereocenters. The summed E-state index contributed by atoms with van der Waals surface area (Å²) in [5, 5.41) is 3.72. The Balaban J connectivity index is 2.04. The second-order valence-corrected chi connectivity index (χ2v) is 7.39. The Morgan fingerprint density at radius 2 is 1.90 bits per heavy atom. The minimum Gasteiger partial charge on any atom is -0.311 e. The molecule has 0 saturated carbocycles. The van der Waals surface area contributed by atoms with E-state index in [0.717, 1.165) is 25.6 Å². The Bertz CT molecular complexity index is 420. The molecule has 1 fully saturated rings. The average molecular weight is 274 g/mol. The van der Waals surface area contributed by atoms with Gasteiger partial charge in [-0.3, -0.25) is 4.90 Å².